The number of aliphatic carboxylic acids is 1. The summed E-state index contributed by atoms with van der Waals surface area (Å²) in [5.74, 6) is -0.901. The van der Waals surface area contributed by atoms with Gasteiger partial charge in [-0.25, -0.2) is 4.39 Å². The van der Waals surface area contributed by atoms with Gasteiger partial charge in [0.05, 0.1) is 10.9 Å². The van der Waals surface area contributed by atoms with E-state index in [0.717, 1.165) is 5.56 Å². The highest BCUT2D eigenvalue weighted by Gasteiger charge is 2.08. The van der Waals surface area contributed by atoms with Crippen LogP contribution in [0, 0.1) is 5.82 Å². The van der Waals surface area contributed by atoms with Crippen molar-refractivity contribution in [3.8, 4) is 5.75 Å². The Balaban J connectivity index is 2.14. The molecule has 5 heteroatoms. The lowest BCUT2D eigenvalue weighted by molar-refractivity contribution is -0.136. The quantitative estimate of drug-likeness (QED) is 0.901. The summed E-state index contributed by atoms with van der Waals surface area (Å²) in [5.41, 5.74) is 1.46. The van der Waals surface area contributed by atoms with E-state index in [0.29, 0.717) is 15.8 Å². The van der Waals surface area contributed by atoms with Crippen LogP contribution in [0.4, 0.5) is 4.39 Å². The minimum absolute atomic E-state index is 0.0656. The number of carboxylic acids is 1. The van der Waals surface area contributed by atoms with Crippen molar-refractivity contribution in [1.82, 2.24) is 0 Å². The van der Waals surface area contributed by atoms with E-state index in [9.17, 15) is 9.18 Å². The molecule has 0 saturated carbocycles. The Hall–Kier alpha value is -1.88. The monoisotopic (exact) mass is 338 g/mol. The number of benzene rings is 2. The molecule has 2 rings (SSSR count). The zero-order valence-electron chi connectivity index (χ0n) is 10.5. The lowest BCUT2D eigenvalue weighted by Gasteiger charge is -2.11. The van der Waals surface area contributed by atoms with Crippen molar-refractivity contribution in [2.75, 3.05) is 0 Å². The standard InChI is InChI=1S/C15H12BrFO3/c16-13-6-5-12(17)8-14(13)20-9-11-4-2-1-3-10(11)7-15(18)19/h1-6,8H,7,9H2,(H,18,19). The van der Waals surface area contributed by atoms with E-state index in [-0.39, 0.29) is 18.8 Å². The second kappa shape index (κ2) is 6.52. The summed E-state index contributed by atoms with van der Waals surface area (Å²) in [4.78, 5) is 10.8. The molecule has 0 fully saturated rings. The molecule has 0 aliphatic carbocycles. The number of hydrogen-bond acceptors (Lipinski definition) is 2. The molecule has 2 aromatic carbocycles. The molecule has 0 bridgehead atoms. The van der Waals surface area contributed by atoms with Crippen LogP contribution in [0.1, 0.15) is 11.1 Å². The van der Waals surface area contributed by atoms with Crippen molar-refractivity contribution >= 4 is 21.9 Å². The van der Waals surface area contributed by atoms with E-state index >= 15 is 0 Å². The largest absolute Gasteiger partial charge is 0.488 e. The van der Waals surface area contributed by atoms with Crippen molar-refractivity contribution in [3.63, 3.8) is 0 Å². The molecule has 0 heterocycles. The van der Waals surface area contributed by atoms with Crippen LogP contribution in [0.2, 0.25) is 0 Å². The molecule has 0 unspecified atom stereocenters. The Bertz CT molecular complexity index is 628. The molecule has 0 aliphatic heterocycles. The van der Waals surface area contributed by atoms with Crippen molar-refractivity contribution in [2.45, 2.75) is 13.0 Å². The molecule has 0 saturated heterocycles. The number of carbonyl (C=O) groups is 1. The summed E-state index contributed by atoms with van der Waals surface area (Å²) < 4.78 is 19.3. The normalized spacial score (nSPS) is 10.3. The zero-order valence-corrected chi connectivity index (χ0v) is 12.1. The van der Waals surface area contributed by atoms with Crippen LogP contribution < -0.4 is 4.74 Å². The van der Waals surface area contributed by atoms with Crippen LogP contribution in [0.5, 0.6) is 5.75 Å². The molecule has 0 amide bonds. The van der Waals surface area contributed by atoms with Gasteiger partial charge in [0.25, 0.3) is 0 Å². The van der Waals surface area contributed by atoms with Gasteiger partial charge < -0.3 is 9.84 Å². The fourth-order valence-corrected chi connectivity index (χ4v) is 2.14. The molecule has 0 spiro atoms. The maximum atomic E-state index is 13.1. The first-order valence-electron chi connectivity index (χ1n) is 5.92. The van der Waals surface area contributed by atoms with Crippen LogP contribution in [-0.4, -0.2) is 11.1 Å². The summed E-state index contributed by atoms with van der Waals surface area (Å²) in [5, 5.41) is 8.86. The number of carboxylic acid groups (broad SMARTS) is 1. The third-order valence-electron chi connectivity index (χ3n) is 2.74. The first-order valence-corrected chi connectivity index (χ1v) is 6.72. The molecular weight excluding hydrogens is 327 g/mol. The van der Waals surface area contributed by atoms with Gasteiger partial charge in [-0.2, -0.15) is 0 Å². The minimum atomic E-state index is -0.899. The minimum Gasteiger partial charge on any atom is -0.488 e. The SMILES string of the molecule is O=C(O)Cc1ccccc1COc1cc(F)ccc1Br. The lowest BCUT2D eigenvalue weighted by Crippen LogP contribution is -2.06. The molecule has 20 heavy (non-hydrogen) atoms. The molecular formula is C15H12BrFO3. The van der Waals surface area contributed by atoms with Crippen molar-refractivity contribution in [2.24, 2.45) is 0 Å². The Morgan fingerprint density at radius 1 is 1.20 bits per heavy atom. The van der Waals surface area contributed by atoms with E-state index < -0.39 is 5.97 Å². The third-order valence-corrected chi connectivity index (χ3v) is 3.39. The first kappa shape index (κ1) is 14.5. The Morgan fingerprint density at radius 2 is 1.90 bits per heavy atom. The predicted molar refractivity (Wildman–Crippen MR) is 76.2 cm³/mol. The second-order valence-corrected chi connectivity index (χ2v) is 5.06. The Labute approximate surface area is 124 Å². The van der Waals surface area contributed by atoms with Crippen LogP contribution in [0.3, 0.4) is 0 Å². The smallest absolute Gasteiger partial charge is 0.307 e. The maximum Gasteiger partial charge on any atom is 0.307 e. The van der Waals surface area contributed by atoms with Gasteiger partial charge in [0.15, 0.2) is 0 Å². The van der Waals surface area contributed by atoms with Gasteiger partial charge in [-0.1, -0.05) is 24.3 Å². The first-order chi connectivity index (χ1) is 9.56. The van der Waals surface area contributed by atoms with Gasteiger partial charge in [-0.3, -0.25) is 4.79 Å². The highest BCUT2D eigenvalue weighted by molar-refractivity contribution is 9.10. The van der Waals surface area contributed by atoms with E-state index in [1.54, 1.807) is 24.3 Å². The van der Waals surface area contributed by atoms with Crippen molar-refractivity contribution in [1.29, 1.82) is 0 Å². The summed E-state index contributed by atoms with van der Waals surface area (Å²) >= 11 is 3.28. The third kappa shape index (κ3) is 3.81. The summed E-state index contributed by atoms with van der Waals surface area (Å²) in [6.07, 6.45) is -0.0656. The van der Waals surface area contributed by atoms with Gasteiger partial charge in [0, 0.05) is 6.07 Å². The van der Waals surface area contributed by atoms with Crippen molar-refractivity contribution in [3.05, 3.63) is 63.9 Å². The maximum absolute atomic E-state index is 13.1. The molecule has 1 N–H and O–H groups in total. The van der Waals surface area contributed by atoms with Gasteiger partial charge in [0.2, 0.25) is 0 Å². The van der Waals surface area contributed by atoms with Gasteiger partial charge in [-0.05, 0) is 39.2 Å². The topological polar surface area (TPSA) is 46.5 Å². The van der Waals surface area contributed by atoms with E-state index in [1.165, 1.54) is 12.1 Å². The lowest BCUT2D eigenvalue weighted by atomic mass is 10.1. The fourth-order valence-electron chi connectivity index (χ4n) is 1.78. The fraction of sp³-hybridized carbons (Fsp3) is 0.133. The van der Waals surface area contributed by atoms with E-state index in [2.05, 4.69) is 15.9 Å². The molecule has 0 aromatic heterocycles. The van der Waals surface area contributed by atoms with Gasteiger partial charge in [-0.15, -0.1) is 0 Å². The van der Waals surface area contributed by atoms with Crippen LogP contribution in [-0.2, 0) is 17.8 Å². The number of halogens is 2. The van der Waals surface area contributed by atoms with Crippen LogP contribution in [0.15, 0.2) is 46.9 Å². The highest BCUT2D eigenvalue weighted by Crippen LogP contribution is 2.26. The molecule has 104 valence electrons. The number of ether oxygens (including phenoxy) is 1. The Morgan fingerprint density at radius 3 is 2.60 bits per heavy atom. The van der Waals surface area contributed by atoms with Gasteiger partial charge in [0.1, 0.15) is 18.2 Å². The predicted octanol–water partition coefficient (Wildman–Crippen LogP) is 3.79. The Kier molecular flexibility index (Phi) is 4.74. The van der Waals surface area contributed by atoms with E-state index in [4.69, 9.17) is 9.84 Å². The van der Waals surface area contributed by atoms with Gasteiger partial charge >= 0.3 is 5.97 Å². The number of hydrogen-bond donors (Lipinski definition) is 1. The number of rotatable bonds is 5. The summed E-state index contributed by atoms with van der Waals surface area (Å²) in [6.45, 7) is 0.186. The van der Waals surface area contributed by atoms with Crippen LogP contribution in [0.25, 0.3) is 0 Å². The molecule has 0 radical (unpaired) electrons. The van der Waals surface area contributed by atoms with Crippen molar-refractivity contribution < 1.29 is 19.0 Å². The molecule has 0 aliphatic rings. The molecule has 0 atom stereocenters. The average Bonchev–Trinajstić information content (AvgIpc) is 2.41. The summed E-state index contributed by atoms with van der Waals surface area (Å²) in [6, 6.07) is 11.3. The summed E-state index contributed by atoms with van der Waals surface area (Å²) in [7, 11) is 0. The molecule has 3 nitrogen and oxygen atoms in total. The highest BCUT2D eigenvalue weighted by atomic mass is 79.9. The zero-order chi connectivity index (χ0) is 14.5. The average molecular weight is 339 g/mol. The van der Waals surface area contributed by atoms with E-state index in [1.807, 2.05) is 6.07 Å². The second-order valence-electron chi connectivity index (χ2n) is 4.20. The molecule has 2 aromatic rings. The van der Waals surface area contributed by atoms with Crippen LogP contribution >= 0.6 is 15.9 Å².